The van der Waals surface area contributed by atoms with Crippen molar-refractivity contribution >= 4 is 0 Å². The van der Waals surface area contributed by atoms with Gasteiger partial charge in [0.25, 0.3) is 0 Å². The van der Waals surface area contributed by atoms with E-state index in [1.165, 1.54) is 34.2 Å². The standard InChI is InChI=1S/C18H21/c1-4-8-16-9-6-7-10-18(16)17-12-11-14(3)15(5-2)13-17/h6-7,9,11-13H,4-5,8H2,1-3H3. The fraction of sp³-hybridized carbons (Fsp3) is 0.333. The highest BCUT2D eigenvalue weighted by atomic mass is 14.1. The molecule has 2 aromatic carbocycles. The van der Waals surface area contributed by atoms with Crippen LogP contribution in [0.2, 0.25) is 0 Å². The smallest absolute Gasteiger partial charge is 0.00730 e. The summed E-state index contributed by atoms with van der Waals surface area (Å²) in [4.78, 5) is 0. The van der Waals surface area contributed by atoms with Gasteiger partial charge in [0.1, 0.15) is 0 Å². The second kappa shape index (κ2) is 5.86. The number of benzene rings is 2. The lowest BCUT2D eigenvalue weighted by atomic mass is 9.94. The quantitative estimate of drug-likeness (QED) is 0.703. The summed E-state index contributed by atoms with van der Waals surface area (Å²) in [6.45, 7) is 6.63. The van der Waals surface area contributed by atoms with Crippen molar-refractivity contribution in [1.82, 2.24) is 0 Å². The van der Waals surface area contributed by atoms with Crippen LogP contribution in [0.4, 0.5) is 0 Å². The van der Waals surface area contributed by atoms with Gasteiger partial charge < -0.3 is 0 Å². The van der Waals surface area contributed by atoms with Gasteiger partial charge in [-0.25, -0.2) is 0 Å². The Kier molecular flexibility index (Phi) is 4.19. The molecule has 0 aliphatic carbocycles. The van der Waals surface area contributed by atoms with E-state index in [4.69, 9.17) is 0 Å². The molecule has 0 spiro atoms. The van der Waals surface area contributed by atoms with Gasteiger partial charge in [-0.1, -0.05) is 56.7 Å². The number of rotatable bonds is 4. The first-order valence-corrected chi connectivity index (χ1v) is 6.85. The summed E-state index contributed by atoms with van der Waals surface area (Å²) >= 11 is 0. The summed E-state index contributed by atoms with van der Waals surface area (Å²) < 4.78 is 0. The number of hydrogen-bond acceptors (Lipinski definition) is 0. The minimum Gasteiger partial charge on any atom is -0.0651 e. The lowest BCUT2D eigenvalue weighted by Crippen LogP contribution is -1.92. The molecule has 0 heterocycles. The molecule has 2 aromatic rings. The zero-order valence-electron chi connectivity index (χ0n) is 11.6. The Balaban J connectivity index is 2.48. The van der Waals surface area contributed by atoms with Crippen LogP contribution in [-0.4, -0.2) is 0 Å². The van der Waals surface area contributed by atoms with Gasteiger partial charge in [-0.05, 0) is 53.6 Å². The van der Waals surface area contributed by atoms with E-state index in [9.17, 15) is 0 Å². The molecule has 0 heteroatoms. The van der Waals surface area contributed by atoms with Crippen molar-refractivity contribution < 1.29 is 0 Å². The van der Waals surface area contributed by atoms with E-state index in [1.54, 1.807) is 0 Å². The molecule has 18 heavy (non-hydrogen) atoms. The average molecular weight is 237 g/mol. The molecule has 0 bridgehead atoms. The highest BCUT2D eigenvalue weighted by Gasteiger charge is 2.06. The van der Waals surface area contributed by atoms with Crippen LogP contribution in [0.3, 0.4) is 0 Å². The fourth-order valence-electron chi connectivity index (χ4n) is 2.43. The molecule has 0 fully saturated rings. The maximum Gasteiger partial charge on any atom is -0.00730 e. The molecule has 93 valence electrons. The minimum absolute atomic E-state index is 1.09. The zero-order valence-corrected chi connectivity index (χ0v) is 11.6. The topological polar surface area (TPSA) is 0 Å². The maximum atomic E-state index is 3.41. The first kappa shape index (κ1) is 12.9. The van der Waals surface area contributed by atoms with Crippen molar-refractivity contribution in [3.8, 4) is 11.1 Å². The zero-order chi connectivity index (χ0) is 13.0. The molecule has 0 N–H and O–H groups in total. The summed E-state index contributed by atoms with van der Waals surface area (Å²) in [6, 6.07) is 16.5. The number of hydrogen-bond donors (Lipinski definition) is 0. The molecule has 0 aromatic heterocycles. The van der Waals surface area contributed by atoms with Crippen LogP contribution in [0.25, 0.3) is 11.1 Å². The molecule has 0 aliphatic heterocycles. The predicted molar refractivity (Wildman–Crippen MR) is 78.8 cm³/mol. The first-order valence-electron chi connectivity index (χ1n) is 6.85. The summed E-state index contributed by atoms with van der Waals surface area (Å²) in [5.41, 5.74) is 6.81. The Morgan fingerprint density at radius 1 is 1.06 bits per heavy atom. The van der Waals surface area contributed by atoms with Crippen LogP contribution < -0.4 is 0 Å². The summed E-state index contributed by atoms with van der Waals surface area (Å²) in [5, 5.41) is 0. The molecule has 1 radical (unpaired) electrons. The van der Waals surface area contributed by atoms with E-state index < -0.39 is 0 Å². The van der Waals surface area contributed by atoms with Crippen molar-refractivity contribution in [1.29, 1.82) is 0 Å². The van der Waals surface area contributed by atoms with Gasteiger partial charge in [0.2, 0.25) is 0 Å². The van der Waals surface area contributed by atoms with E-state index >= 15 is 0 Å². The molecule has 2 rings (SSSR count). The predicted octanol–water partition coefficient (Wildman–Crippen LogP) is 4.98. The molecular weight excluding hydrogens is 216 g/mol. The van der Waals surface area contributed by atoms with Crippen LogP contribution in [0.15, 0.2) is 36.4 Å². The third kappa shape index (κ3) is 2.64. The Bertz CT molecular complexity index is 523. The average Bonchev–Trinajstić information content (AvgIpc) is 2.40. The largest absolute Gasteiger partial charge is 0.0651 e. The van der Waals surface area contributed by atoms with Crippen molar-refractivity contribution in [2.24, 2.45) is 0 Å². The summed E-state index contributed by atoms with van der Waals surface area (Å²) in [6.07, 6.45) is 3.40. The van der Waals surface area contributed by atoms with Crippen molar-refractivity contribution in [3.63, 3.8) is 0 Å². The SMILES string of the molecule is CCCc1ccc[c]c1-c1ccc(C)c(CC)c1. The molecule has 0 unspecified atom stereocenters. The Morgan fingerprint density at radius 3 is 2.61 bits per heavy atom. The van der Waals surface area contributed by atoms with Crippen LogP contribution >= 0.6 is 0 Å². The molecule has 0 amide bonds. The fourth-order valence-corrected chi connectivity index (χ4v) is 2.43. The van der Waals surface area contributed by atoms with Crippen LogP contribution in [0.1, 0.15) is 37.0 Å². The van der Waals surface area contributed by atoms with Gasteiger partial charge in [-0.3, -0.25) is 0 Å². The monoisotopic (exact) mass is 237 g/mol. The molecule has 0 nitrogen and oxygen atoms in total. The third-order valence-corrected chi connectivity index (χ3v) is 3.48. The van der Waals surface area contributed by atoms with Gasteiger partial charge in [0.15, 0.2) is 0 Å². The van der Waals surface area contributed by atoms with Crippen LogP contribution in [0.5, 0.6) is 0 Å². The third-order valence-electron chi connectivity index (χ3n) is 3.48. The molecule has 0 saturated carbocycles. The second-order valence-electron chi connectivity index (χ2n) is 4.82. The molecule has 0 aliphatic rings. The summed E-state index contributed by atoms with van der Waals surface area (Å²) in [7, 11) is 0. The van der Waals surface area contributed by atoms with Crippen molar-refractivity contribution in [3.05, 3.63) is 59.2 Å². The van der Waals surface area contributed by atoms with E-state index in [0.29, 0.717) is 0 Å². The van der Waals surface area contributed by atoms with E-state index in [0.717, 1.165) is 12.8 Å². The highest BCUT2D eigenvalue weighted by molar-refractivity contribution is 5.68. The minimum atomic E-state index is 1.09. The lowest BCUT2D eigenvalue weighted by molar-refractivity contribution is 0.923. The van der Waals surface area contributed by atoms with Crippen molar-refractivity contribution in [2.45, 2.75) is 40.0 Å². The van der Waals surface area contributed by atoms with E-state index in [1.807, 2.05) is 6.07 Å². The Labute approximate surface area is 111 Å². The van der Waals surface area contributed by atoms with Gasteiger partial charge in [-0.2, -0.15) is 0 Å². The summed E-state index contributed by atoms with van der Waals surface area (Å²) in [5.74, 6) is 0. The second-order valence-corrected chi connectivity index (χ2v) is 4.82. The van der Waals surface area contributed by atoms with Gasteiger partial charge >= 0.3 is 0 Å². The Hall–Kier alpha value is -1.56. The lowest BCUT2D eigenvalue weighted by Gasteiger charge is -2.11. The molecule has 0 atom stereocenters. The Morgan fingerprint density at radius 2 is 1.89 bits per heavy atom. The van der Waals surface area contributed by atoms with Gasteiger partial charge in [0, 0.05) is 0 Å². The normalized spacial score (nSPS) is 10.6. The van der Waals surface area contributed by atoms with E-state index in [-0.39, 0.29) is 0 Å². The first-order chi connectivity index (χ1) is 8.76. The van der Waals surface area contributed by atoms with Crippen LogP contribution in [-0.2, 0) is 12.8 Å². The highest BCUT2D eigenvalue weighted by Crippen LogP contribution is 2.26. The van der Waals surface area contributed by atoms with Gasteiger partial charge in [-0.15, -0.1) is 0 Å². The molecule has 0 saturated heterocycles. The number of aryl methyl sites for hydroxylation is 3. The molecular formula is C18H21. The van der Waals surface area contributed by atoms with E-state index in [2.05, 4.69) is 57.2 Å². The van der Waals surface area contributed by atoms with Crippen molar-refractivity contribution in [2.75, 3.05) is 0 Å². The van der Waals surface area contributed by atoms with Crippen LogP contribution in [0, 0.1) is 13.0 Å². The maximum absolute atomic E-state index is 3.41. The van der Waals surface area contributed by atoms with Gasteiger partial charge in [0.05, 0.1) is 0 Å².